The van der Waals surface area contributed by atoms with E-state index in [0.29, 0.717) is 6.42 Å². The molecule has 0 aromatic carbocycles. The third kappa shape index (κ3) is 2.71. The van der Waals surface area contributed by atoms with Gasteiger partial charge in [0.05, 0.1) is 0 Å². The molecule has 2 rings (SSSR count). The van der Waals surface area contributed by atoms with Crippen LogP contribution in [-0.2, 0) is 14.3 Å². The number of carbonyl (C=O) groups is 3. The number of nitriles is 1. The first kappa shape index (κ1) is 15.3. The van der Waals surface area contributed by atoms with Gasteiger partial charge in [-0.1, -0.05) is 19.8 Å². The molecule has 2 aliphatic rings. The minimum Gasteiger partial charge on any atom is -0.446 e. The van der Waals surface area contributed by atoms with Crippen LogP contribution in [-0.4, -0.2) is 41.0 Å². The molecule has 1 heterocycles. The molecule has 0 aromatic rings. The highest BCUT2D eigenvalue weighted by Gasteiger charge is 2.55. The number of carbonyl (C=O) groups excluding carboxylic acids is 3. The molecule has 2 fully saturated rings. The average Bonchev–Trinajstić information content (AvgIpc) is 2.67. The van der Waals surface area contributed by atoms with Crippen LogP contribution in [0.4, 0.5) is 4.79 Å². The summed E-state index contributed by atoms with van der Waals surface area (Å²) in [6, 6.07) is 1.20. The number of imide groups is 1. The number of nitrogens with one attached hydrogen (secondary N) is 1. The minimum absolute atomic E-state index is 0.0433. The SMILES string of the molecule is C[C@@H]1CCCC[C@@]12NC(=O)N(CC(=O)O[C@@H](C)C#N)C2=O. The Morgan fingerprint density at radius 1 is 1.57 bits per heavy atom. The van der Waals surface area contributed by atoms with Crippen LogP contribution < -0.4 is 5.32 Å². The average molecular weight is 293 g/mol. The molecule has 21 heavy (non-hydrogen) atoms. The number of hydrogen-bond donors (Lipinski definition) is 1. The molecule has 114 valence electrons. The molecule has 0 aromatic heterocycles. The molecule has 7 nitrogen and oxygen atoms in total. The fraction of sp³-hybridized carbons (Fsp3) is 0.714. The molecule has 0 bridgehead atoms. The fourth-order valence-electron chi connectivity index (χ4n) is 3.03. The summed E-state index contributed by atoms with van der Waals surface area (Å²) in [6.07, 6.45) is 2.48. The Labute approximate surface area is 123 Å². The highest BCUT2D eigenvalue weighted by molar-refractivity contribution is 6.08. The zero-order chi connectivity index (χ0) is 15.6. The van der Waals surface area contributed by atoms with E-state index in [1.54, 1.807) is 6.07 Å². The van der Waals surface area contributed by atoms with Gasteiger partial charge in [0.2, 0.25) is 0 Å². The van der Waals surface area contributed by atoms with Gasteiger partial charge in [-0.15, -0.1) is 0 Å². The lowest BCUT2D eigenvalue weighted by Crippen LogP contribution is -2.54. The quantitative estimate of drug-likeness (QED) is 0.616. The summed E-state index contributed by atoms with van der Waals surface area (Å²) in [5.74, 6) is -1.07. The third-order valence-corrected chi connectivity index (χ3v) is 4.28. The number of nitrogens with zero attached hydrogens (tertiary/aromatic N) is 2. The first-order chi connectivity index (χ1) is 9.90. The van der Waals surface area contributed by atoms with Crippen molar-refractivity contribution >= 4 is 17.9 Å². The predicted octanol–water partition coefficient (Wildman–Crippen LogP) is 0.942. The van der Waals surface area contributed by atoms with Crippen molar-refractivity contribution in [1.82, 2.24) is 10.2 Å². The van der Waals surface area contributed by atoms with Gasteiger partial charge in [-0.3, -0.25) is 14.5 Å². The van der Waals surface area contributed by atoms with Crippen LogP contribution in [0, 0.1) is 17.2 Å². The largest absolute Gasteiger partial charge is 0.446 e. The summed E-state index contributed by atoms with van der Waals surface area (Å²) in [6.45, 7) is 2.91. The summed E-state index contributed by atoms with van der Waals surface area (Å²) in [7, 11) is 0. The van der Waals surface area contributed by atoms with Crippen molar-refractivity contribution in [3.63, 3.8) is 0 Å². The van der Waals surface area contributed by atoms with Gasteiger partial charge in [0.1, 0.15) is 18.2 Å². The standard InChI is InChI=1S/C14H19N3O4/c1-9-5-3-4-6-14(9)12(19)17(13(20)16-14)8-11(18)21-10(2)7-15/h9-10H,3-6,8H2,1-2H3,(H,16,20)/t9-,10+,14-/m1/s1. The van der Waals surface area contributed by atoms with Gasteiger partial charge >= 0.3 is 12.0 Å². The Balaban J connectivity index is 2.09. The Kier molecular flexibility index (Phi) is 4.16. The second-order valence-corrected chi connectivity index (χ2v) is 5.70. The van der Waals surface area contributed by atoms with Crippen molar-refractivity contribution in [3.05, 3.63) is 0 Å². The van der Waals surface area contributed by atoms with Crippen molar-refractivity contribution in [1.29, 1.82) is 5.26 Å². The Bertz CT molecular complexity index is 513. The zero-order valence-corrected chi connectivity index (χ0v) is 12.2. The molecule has 1 aliphatic carbocycles. The maximum atomic E-state index is 12.6. The lowest BCUT2D eigenvalue weighted by Gasteiger charge is -2.36. The molecule has 3 atom stereocenters. The number of urea groups is 1. The molecular formula is C14H19N3O4. The highest BCUT2D eigenvalue weighted by Crippen LogP contribution is 2.38. The summed E-state index contributed by atoms with van der Waals surface area (Å²) >= 11 is 0. The van der Waals surface area contributed by atoms with Crippen LogP contribution >= 0.6 is 0 Å². The Morgan fingerprint density at radius 2 is 2.29 bits per heavy atom. The van der Waals surface area contributed by atoms with Crippen molar-refractivity contribution in [2.45, 2.75) is 51.2 Å². The van der Waals surface area contributed by atoms with E-state index in [2.05, 4.69) is 5.32 Å². The van der Waals surface area contributed by atoms with E-state index >= 15 is 0 Å². The first-order valence-corrected chi connectivity index (χ1v) is 7.14. The summed E-state index contributed by atoms with van der Waals surface area (Å²) in [5, 5.41) is 11.4. The van der Waals surface area contributed by atoms with Gasteiger partial charge in [-0.05, 0) is 25.7 Å². The maximum Gasteiger partial charge on any atom is 0.327 e. The Morgan fingerprint density at radius 3 is 2.90 bits per heavy atom. The normalized spacial score (nSPS) is 30.0. The molecule has 1 saturated heterocycles. The molecule has 1 aliphatic heterocycles. The van der Waals surface area contributed by atoms with Crippen LogP contribution in [0.3, 0.4) is 0 Å². The minimum atomic E-state index is -0.902. The van der Waals surface area contributed by atoms with Crippen LogP contribution in [0.1, 0.15) is 39.5 Å². The Hall–Kier alpha value is -2.10. The van der Waals surface area contributed by atoms with Crippen LogP contribution in [0.25, 0.3) is 0 Å². The van der Waals surface area contributed by atoms with Gasteiger partial charge in [-0.25, -0.2) is 4.79 Å². The lowest BCUT2D eigenvalue weighted by molar-refractivity contribution is -0.150. The topological polar surface area (TPSA) is 99.5 Å². The molecule has 1 saturated carbocycles. The number of hydrogen-bond acceptors (Lipinski definition) is 5. The van der Waals surface area contributed by atoms with E-state index in [1.807, 2.05) is 6.92 Å². The van der Waals surface area contributed by atoms with Crippen LogP contribution in [0.2, 0.25) is 0 Å². The molecule has 1 spiro atoms. The molecule has 1 N–H and O–H groups in total. The van der Waals surface area contributed by atoms with Gasteiger partial charge in [-0.2, -0.15) is 5.26 Å². The van der Waals surface area contributed by atoms with Gasteiger partial charge in [0, 0.05) is 0 Å². The number of rotatable bonds is 3. The van der Waals surface area contributed by atoms with E-state index in [9.17, 15) is 14.4 Å². The molecule has 7 heteroatoms. The highest BCUT2D eigenvalue weighted by atomic mass is 16.5. The second kappa shape index (κ2) is 5.72. The van der Waals surface area contributed by atoms with E-state index < -0.39 is 30.2 Å². The predicted molar refractivity (Wildman–Crippen MR) is 71.8 cm³/mol. The van der Waals surface area contributed by atoms with Crippen molar-refractivity contribution < 1.29 is 19.1 Å². The smallest absolute Gasteiger partial charge is 0.327 e. The summed E-state index contributed by atoms with van der Waals surface area (Å²) < 4.78 is 4.79. The lowest BCUT2D eigenvalue weighted by atomic mass is 9.73. The maximum absolute atomic E-state index is 12.6. The summed E-state index contributed by atoms with van der Waals surface area (Å²) in [5.41, 5.74) is -0.879. The molecule has 3 amide bonds. The van der Waals surface area contributed by atoms with E-state index in [1.165, 1.54) is 6.92 Å². The number of amides is 3. The van der Waals surface area contributed by atoms with Gasteiger partial charge in [0.25, 0.3) is 5.91 Å². The van der Waals surface area contributed by atoms with Crippen molar-refractivity contribution in [3.8, 4) is 6.07 Å². The van der Waals surface area contributed by atoms with Crippen molar-refractivity contribution in [2.24, 2.45) is 5.92 Å². The monoisotopic (exact) mass is 293 g/mol. The second-order valence-electron chi connectivity index (χ2n) is 5.70. The fourth-order valence-corrected chi connectivity index (χ4v) is 3.03. The van der Waals surface area contributed by atoms with E-state index in [-0.39, 0.29) is 11.8 Å². The van der Waals surface area contributed by atoms with E-state index in [0.717, 1.165) is 24.2 Å². The van der Waals surface area contributed by atoms with Gasteiger partial charge < -0.3 is 10.1 Å². The third-order valence-electron chi connectivity index (χ3n) is 4.28. The van der Waals surface area contributed by atoms with Crippen LogP contribution in [0.5, 0.6) is 0 Å². The number of esters is 1. The first-order valence-electron chi connectivity index (χ1n) is 7.14. The van der Waals surface area contributed by atoms with Crippen LogP contribution in [0.15, 0.2) is 0 Å². The molecule has 0 unspecified atom stereocenters. The zero-order valence-electron chi connectivity index (χ0n) is 12.2. The summed E-state index contributed by atoms with van der Waals surface area (Å²) in [4.78, 5) is 37.1. The number of ether oxygens (including phenoxy) is 1. The molecule has 0 radical (unpaired) electrons. The molecular weight excluding hydrogens is 274 g/mol. The van der Waals surface area contributed by atoms with Gasteiger partial charge in [0.15, 0.2) is 6.10 Å². The van der Waals surface area contributed by atoms with Crippen molar-refractivity contribution in [2.75, 3.05) is 6.54 Å². The van der Waals surface area contributed by atoms with E-state index in [4.69, 9.17) is 10.00 Å².